The Morgan fingerprint density at radius 3 is 1.55 bits per heavy atom. The first-order valence-electron chi connectivity index (χ1n) is 7.55. The number of ether oxygens (including phenoxy) is 2. The lowest BCUT2D eigenvalue weighted by Crippen LogP contribution is -2.10. The number of hydrogen-bond donors (Lipinski definition) is 0. The molecule has 0 atom stereocenters. The zero-order valence-corrected chi connectivity index (χ0v) is 12.9. The molecule has 0 saturated carbocycles. The molecule has 2 aromatic rings. The van der Waals surface area contributed by atoms with Crippen LogP contribution in [0.25, 0.3) is 10.8 Å². The second-order valence-electron chi connectivity index (χ2n) is 4.98. The molecule has 0 aliphatic rings. The number of benzene rings is 2. The van der Waals surface area contributed by atoms with E-state index in [0.29, 0.717) is 35.1 Å². The topological polar surface area (TPSA) is 52.6 Å². The van der Waals surface area contributed by atoms with Crippen LogP contribution in [0.5, 0.6) is 0 Å². The van der Waals surface area contributed by atoms with Crippen molar-refractivity contribution >= 4 is 22.7 Å². The van der Waals surface area contributed by atoms with Gasteiger partial charge in [0.25, 0.3) is 0 Å². The first-order chi connectivity index (χ1) is 10.7. The average Bonchev–Trinajstić information content (AvgIpc) is 2.56. The molecule has 0 aliphatic heterocycles. The van der Waals surface area contributed by atoms with E-state index in [1.54, 1.807) is 12.1 Å². The summed E-state index contributed by atoms with van der Waals surface area (Å²) < 4.78 is 10.4. The van der Waals surface area contributed by atoms with Gasteiger partial charge < -0.3 is 9.47 Å². The highest BCUT2D eigenvalue weighted by molar-refractivity contribution is 6.11. The van der Waals surface area contributed by atoms with Crippen molar-refractivity contribution in [2.45, 2.75) is 26.7 Å². The minimum absolute atomic E-state index is 0.369. The van der Waals surface area contributed by atoms with Gasteiger partial charge in [-0.25, -0.2) is 9.59 Å². The van der Waals surface area contributed by atoms with Gasteiger partial charge >= 0.3 is 11.9 Å². The zero-order valence-electron chi connectivity index (χ0n) is 12.9. The van der Waals surface area contributed by atoms with Crippen molar-refractivity contribution < 1.29 is 19.1 Å². The van der Waals surface area contributed by atoms with E-state index in [2.05, 4.69) is 0 Å². The summed E-state index contributed by atoms with van der Waals surface area (Å²) in [5.74, 6) is -0.738. The van der Waals surface area contributed by atoms with E-state index in [4.69, 9.17) is 9.47 Å². The van der Waals surface area contributed by atoms with E-state index >= 15 is 0 Å². The molecule has 0 spiro atoms. The quantitative estimate of drug-likeness (QED) is 0.757. The van der Waals surface area contributed by atoms with Crippen molar-refractivity contribution in [1.29, 1.82) is 0 Å². The Morgan fingerprint density at radius 2 is 1.18 bits per heavy atom. The maximum absolute atomic E-state index is 12.1. The first-order valence-corrected chi connectivity index (χ1v) is 7.55. The summed E-state index contributed by atoms with van der Waals surface area (Å²) in [6.07, 6.45) is 1.54. The van der Waals surface area contributed by atoms with E-state index in [9.17, 15) is 9.59 Å². The highest BCUT2D eigenvalue weighted by Crippen LogP contribution is 2.24. The fourth-order valence-corrected chi connectivity index (χ4v) is 2.20. The molecule has 0 fully saturated rings. The number of carbonyl (C=O) groups is 2. The van der Waals surface area contributed by atoms with Crippen LogP contribution in [0.1, 0.15) is 47.4 Å². The van der Waals surface area contributed by atoms with Gasteiger partial charge in [0.15, 0.2) is 0 Å². The van der Waals surface area contributed by atoms with Crippen LogP contribution >= 0.6 is 0 Å². The molecule has 0 bridgehead atoms. The largest absolute Gasteiger partial charge is 0.462 e. The average molecular weight is 300 g/mol. The summed E-state index contributed by atoms with van der Waals surface area (Å²) in [7, 11) is 0. The Kier molecular flexibility index (Phi) is 5.53. The Hall–Kier alpha value is -2.36. The van der Waals surface area contributed by atoms with Crippen molar-refractivity contribution in [3.63, 3.8) is 0 Å². The number of esters is 2. The van der Waals surface area contributed by atoms with Gasteiger partial charge in [-0.1, -0.05) is 38.1 Å². The molecule has 0 amide bonds. The van der Waals surface area contributed by atoms with Crippen LogP contribution in [0.3, 0.4) is 0 Å². The Balaban J connectivity index is 2.42. The molecule has 0 saturated heterocycles. The molecular formula is C18H20O4. The summed E-state index contributed by atoms with van der Waals surface area (Å²) in [6.45, 7) is 4.65. The molecule has 2 rings (SSSR count). The van der Waals surface area contributed by atoms with E-state index in [-0.39, 0.29) is 11.9 Å². The van der Waals surface area contributed by atoms with Gasteiger partial charge in [-0.15, -0.1) is 0 Å². The van der Waals surface area contributed by atoms with Gasteiger partial charge in [-0.3, -0.25) is 0 Å². The van der Waals surface area contributed by atoms with Crippen molar-refractivity contribution in [3.8, 4) is 0 Å². The Labute approximate surface area is 130 Å². The predicted molar refractivity (Wildman–Crippen MR) is 85.1 cm³/mol. The summed E-state index contributed by atoms with van der Waals surface area (Å²) in [5, 5.41) is 1.41. The van der Waals surface area contributed by atoms with Crippen molar-refractivity contribution in [1.82, 2.24) is 0 Å². The van der Waals surface area contributed by atoms with Crippen LogP contribution in [-0.4, -0.2) is 25.2 Å². The SMILES string of the molecule is CCCOC(=O)c1ccc(C(=O)OCCC)c2ccccc12. The fraction of sp³-hybridized carbons (Fsp3) is 0.333. The minimum atomic E-state index is -0.369. The smallest absolute Gasteiger partial charge is 0.338 e. The molecule has 0 unspecified atom stereocenters. The number of fused-ring (bicyclic) bond motifs is 1. The van der Waals surface area contributed by atoms with E-state index in [1.165, 1.54) is 0 Å². The van der Waals surface area contributed by atoms with Gasteiger partial charge in [0.2, 0.25) is 0 Å². The summed E-state index contributed by atoms with van der Waals surface area (Å²) in [5.41, 5.74) is 0.937. The number of hydrogen-bond acceptors (Lipinski definition) is 4. The second kappa shape index (κ2) is 7.59. The molecule has 0 N–H and O–H groups in total. The molecule has 4 nitrogen and oxygen atoms in total. The van der Waals surface area contributed by atoms with Crippen LogP contribution in [0.2, 0.25) is 0 Å². The highest BCUT2D eigenvalue weighted by atomic mass is 16.5. The molecule has 0 aromatic heterocycles. The predicted octanol–water partition coefficient (Wildman–Crippen LogP) is 3.97. The number of rotatable bonds is 6. The van der Waals surface area contributed by atoms with Gasteiger partial charge in [0.05, 0.1) is 24.3 Å². The second-order valence-corrected chi connectivity index (χ2v) is 4.98. The minimum Gasteiger partial charge on any atom is -0.462 e. The van der Waals surface area contributed by atoms with Crippen molar-refractivity contribution in [3.05, 3.63) is 47.5 Å². The van der Waals surface area contributed by atoms with E-state index < -0.39 is 0 Å². The van der Waals surface area contributed by atoms with Crippen LogP contribution in [0, 0.1) is 0 Å². The standard InChI is InChI=1S/C18H20O4/c1-3-11-21-17(19)15-9-10-16(18(20)22-12-4-2)14-8-6-5-7-13(14)15/h5-10H,3-4,11-12H2,1-2H3. The molecular weight excluding hydrogens is 280 g/mol. The third-order valence-electron chi connectivity index (χ3n) is 3.24. The third kappa shape index (κ3) is 3.45. The van der Waals surface area contributed by atoms with Crippen LogP contribution in [0.15, 0.2) is 36.4 Å². The summed E-state index contributed by atoms with van der Waals surface area (Å²) in [4.78, 5) is 24.3. The number of carbonyl (C=O) groups excluding carboxylic acids is 2. The Morgan fingerprint density at radius 1 is 0.773 bits per heavy atom. The summed E-state index contributed by atoms with van der Waals surface area (Å²) in [6, 6.07) is 10.6. The first kappa shape index (κ1) is 16.0. The van der Waals surface area contributed by atoms with Crippen molar-refractivity contribution in [2.24, 2.45) is 0 Å². The van der Waals surface area contributed by atoms with Crippen LogP contribution in [-0.2, 0) is 9.47 Å². The zero-order chi connectivity index (χ0) is 15.9. The lowest BCUT2D eigenvalue weighted by atomic mass is 9.99. The molecule has 116 valence electrons. The molecule has 0 aliphatic carbocycles. The fourth-order valence-electron chi connectivity index (χ4n) is 2.20. The molecule has 22 heavy (non-hydrogen) atoms. The van der Waals surface area contributed by atoms with Crippen LogP contribution < -0.4 is 0 Å². The summed E-state index contributed by atoms with van der Waals surface area (Å²) >= 11 is 0. The molecule has 4 heteroatoms. The van der Waals surface area contributed by atoms with Gasteiger partial charge in [0.1, 0.15) is 0 Å². The van der Waals surface area contributed by atoms with E-state index in [1.807, 2.05) is 38.1 Å². The van der Waals surface area contributed by atoms with Gasteiger partial charge in [-0.2, -0.15) is 0 Å². The molecule has 0 heterocycles. The lowest BCUT2D eigenvalue weighted by Gasteiger charge is -2.10. The van der Waals surface area contributed by atoms with Crippen molar-refractivity contribution in [2.75, 3.05) is 13.2 Å². The molecule has 0 radical (unpaired) electrons. The monoisotopic (exact) mass is 300 g/mol. The van der Waals surface area contributed by atoms with Gasteiger partial charge in [0, 0.05) is 0 Å². The molecule has 2 aromatic carbocycles. The normalized spacial score (nSPS) is 10.5. The lowest BCUT2D eigenvalue weighted by molar-refractivity contribution is 0.0494. The van der Waals surface area contributed by atoms with E-state index in [0.717, 1.165) is 12.8 Å². The third-order valence-corrected chi connectivity index (χ3v) is 3.24. The Bertz CT molecular complexity index is 617. The highest BCUT2D eigenvalue weighted by Gasteiger charge is 2.17. The maximum atomic E-state index is 12.1. The maximum Gasteiger partial charge on any atom is 0.338 e. The van der Waals surface area contributed by atoms with Gasteiger partial charge in [-0.05, 0) is 35.7 Å². The van der Waals surface area contributed by atoms with Crippen LogP contribution in [0.4, 0.5) is 0 Å².